The molecule has 94 valence electrons. The van der Waals surface area contributed by atoms with Crippen LogP contribution in [0.5, 0.6) is 0 Å². The first-order chi connectivity index (χ1) is 8.85. The molecule has 0 heterocycles. The predicted molar refractivity (Wildman–Crippen MR) is 73.3 cm³/mol. The van der Waals surface area contributed by atoms with Gasteiger partial charge in [0.1, 0.15) is 0 Å². The van der Waals surface area contributed by atoms with Gasteiger partial charge in [0.2, 0.25) is 0 Å². The van der Waals surface area contributed by atoms with E-state index < -0.39 is 0 Å². The first-order valence-electron chi connectivity index (χ1n) is 6.00. The summed E-state index contributed by atoms with van der Waals surface area (Å²) in [5.41, 5.74) is 4.80. The molecule has 2 nitrogen and oxygen atoms in total. The molecule has 0 unspecified atom stereocenters. The van der Waals surface area contributed by atoms with E-state index in [1.54, 1.807) is 14.2 Å². The fourth-order valence-corrected chi connectivity index (χ4v) is 2.05. The predicted octanol–water partition coefficient (Wildman–Crippen LogP) is 3.65. The lowest BCUT2D eigenvalue weighted by atomic mass is 9.98. The first-order valence-corrected chi connectivity index (χ1v) is 6.00. The van der Waals surface area contributed by atoms with E-state index in [1.807, 2.05) is 6.07 Å². The summed E-state index contributed by atoms with van der Waals surface area (Å²) < 4.78 is 10.4. The molecule has 0 fully saturated rings. The lowest BCUT2D eigenvalue weighted by molar-refractivity contribution is 0.182. The number of hydrogen-bond donors (Lipinski definition) is 0. The normalized spacial score (nSPS) is 10.6. The van der Waals surface area contributed by atoms with Gasteiger partial charge in [-0.1, -0.05) is 42.5 Å². The van der Waals surface area contributed by atoms with Crippen molar-refractivity contribution < 1.29 is 9.47 Å². The van der Waals surface area contributed by atoms with Gasteiger partial charge in [0.05, 0.1) is 13.2 Å². The molecule has 0 spiro atoms. The van der Waals surface area contributed by atoms with Crippen molar-refractivity contribution in [3.05, 3.63) is 59.7 Å². The van der Waals surface area contributed by atoms with Crippen LogP contribution in [0.25, 0.3) is 11.1 Å². The zero-order chi connectivity index (χ0) is 12.8. The highest BCUT2D eigenvalue weighted by Gasteiger charge is 2.06. The van der Waals surface area contributed by atoms with Crippen LogP contribution >= 0.6 is 0 Å². The fraction of sp³-hybridized carbons (Fsp3) is 0.250. The van der Waals surface area contributed by atoms with Crippen molar-refractivity contribution >= 4 is 0 Å². The Labute approximate surface area is 108 Å². The zero-order valence-corrected chi connectivity index (χ0v) is 10.8. The molecule has 2 aromatic rings. The van der Waals surface area contributed by atoms with Crippen molar-refractivity contribution in [1.29, 1.82) is 0 Å². The second-order valence-corrected chi connectivity index (χ2v) is 4.22. The van der Waals surface area contributed by atoms with E-state index in [2.05, 4.69) is 42.5 Å². The van der Waals surface area contributed by atoms with Gasteiger partial charge in [-0.25, -0.2) is 0 Å². The minimum atomic E-state index is 0.623. The van der Waals surface area contributed by atoms with Crippen molar-refractivity contribution in [2.24, 2.45) is 0 Å². The largest absolute Gasteiger partial charge is 0.380 e. The standard InChI is InChI=1S/C16H18O2/c1-17-11-13-8-9-15(12-18-2)16(10-13)14-6-4-3-5-7-14/h3-10H,11-12H2,1-2H3. The molecule has 0 saturated carbocycles. The Morgan fingerprint density at radius 3 is 2.22 bits per heavy atom. The summed E-state index contributed by atoms with van der Waals surface area (Å²) >= 11 is 0. The SMILES string of the molecule is COCc1ccc(COC)c(-c2ccccc2)c1. The second-order valence-electron chi connectivity index (χ2n) is 4.22. The molecule has 2 rings (SSSR count). The van der Waals surface area contributed by atoms with Gasteiger partial charge in [0.15, 0.2) is 0 Å². The second kappa shape index (κ2) is 6.34. The molecule has 0 aliphatic carbocycles. The van der Waals surface area contributed by atoms with Crippen molar-refractivity contribution in [2.75, 3.05) is 14.2 Å². The minimum absolute atomic E-state index is 0.623. The van der Waals surface area contributed by atoms with E-state index >= 15 is 0 Å². The van der Waals surface area contributed by atoms with Crippen molar-refractivity contribution in [3.63, 3.8) is 0 Å². The third-order valence-electron chi connectivity index (χ3n) is 2.87. The maximum Gasteiger partial charge on any atom is 0.0719 e. The van der Waals surface area contributed by atoms with E-state index in [1.165, 1.54) is 22.3 Å². The van der Waals surface area contributed by atoms with Gasteiger partial charge in [0.25, 0.3) is 0 Å². The number of ether oxygens (including phenoxy) is 2. The zero-order valence-electron chi connectivity index (χ0n) is 10.8. The average molecular weight is 242 g/mol. The first kappa shape index (κ1) is 12.8. The van der Waals surface area contributed by atoms with E-state index in [0.29, 0.717) is 13.2 Å². The van der Waals surface area contributed by atoms with Gasteiger partial charge in [-0.2, -0.15) is 0 Å². The van der Waals surface area contributed by atoms with Crippen molar-refractivity contribution in [2.45, 2.75) is 13.2 Å². The molecule has 18 heavy (non-hydrogen) atoms. The Hall–Kier alpha value is -1.64. The third-order valence-corrected chi connectivity index (χ3v) is 2.87. The van der Waals surface area contributed by atoms with E-state index in [-0.39, 0.29) is 0 Å². The molecule has 2 heteroatoms. The molecular weight excluding hydrogens is 224 g/mol. The minimum Gasteiger partial charge on any atom is -0.380 e. The maximum atomic E-state index is 5.26. The number of methoxy groups -OCH3 is 2. The molecule has 0 radical (unpaired) electrons. The van der Waals surface area contributed by atoms with Crippen LogP contribution in [-0.2, 0) is 22.7 Å². The summed E-state index contributed by atoms with van der Waals surface area (Å²) in [4.78, 5) is 0. The number of hydrogen-bond acceptors (Lipinski definition) is 2. The Morgan fingerprint density at radius 2 is 1.56 bits per heavy atom. The van der Waals surface area contributed by atoms with E-state index in [9.17, 15) is 0 Å². The highest BCUT2D eigenvalue weighted by atomic mass is 16.5. The lowest BCUT2D eigenvalue weighted by Gasteiger charge is -2.11. The van der Waals surface area contributed by atoms with Gasteiger partial charge in [-0.15, -0.1) is 0 Å². The Bertz CT molecular complexity index is 492. The van der Waals surface area contributed by atoms with Gasteiger partial charge < -0.3 is 9.47 Å². The van der Waals surface area contributed by atoms with Crippen LogP contribution in [0.3, 0.4) is 0 Å². The van der Waals surface area contributed by atoms with Crippen LogP contribution in [0.4, 0.5) is 0 Å². The van der Waals surface area contributed by atoms with Crippen LogP contribution in [-0.4, -0.2) is 14.2 Å². The fourth-order valence-electron chi connectivity index (χ4n) is 2.05. The van der Waals surface area contributed by atoms with Crippen molar-refractivity contribution in [3.8, 4) is 11.1 Å². The van der Waals surface area contributed by atoms with Crippen LogP contribution in [0.15, 0.2) is 48.5 Å². The summed E-state index contributed by atoms with van der Waals surface area (Å²) in [6.07, 6.45) is 0. The number of benzene rings is 2. The highest BCUT2D eigenvalue weighted by Crippen LogP contribution is 2.25. The molecule has 0 N–H and O–H groups in total. The Morgan fingerprint density at radius 1 is 0.833 bits per heavy atom. The average Bonchev–Trinajstić information content (AvgIpc) is 2.42. The van der Waals surface area contributed by atoms with E-state index in [4.69, 9.17) is 9.47 Å². The topological polar surface area (TPSA) is 18.5 Å². The quantitative estimate of drug-likeness (QED) is 0.796. The van der Waals surface area contributed by atoms with Crippen LogP contribution < -0.4 is 0 Å². The Kier molecular flexibility index (Phi) is 4.51. The van der Waals surface area contributed by atoms with Gasteiger partial charge >= 0.3 is 0 Å². The smallest absolute Gasteiger partial charge is 0.0719 e. The summed E-state index contributed by atoms with van der Waals surface area (Å²) in [6.45, 7) is 1.25. The lowest BCUT2D eigenvalue weighted by Crippen LogP contribution is -1.95. The van der Waals surface area contributed by atoms with Gasteiger partial charge in [0, 0.05) is 14.2 Å². The number of rotatable bonds is 5. The van der Waals surface area contributed by atoms with Gasteiger partial charge in [-0.05, 0) is 28.3 Å². The van der Waals surface area contributed by atoms with Crippen molar-refractivity contribution in [1.82, 2.24) is 0 Å². The summed E-state index contributed by atoms with van der Waals surface area (Å²) in [6, 6.07) is 16.7. The molecule has 0 saturated heterocycles. The molecule has 0 atom stereocenters. The Balaban J connectivity index is 2.43. The van der Waals surface area contributed by atoms with Gasteiger partial charge in [-0.3, -0.25) is 0 Å². The summed E-state index contributed by atoms with van der Waals surface area (Å²) in [7, 11) is 3.43. The van der Waals surface area contributed by atoms with E-state index in [0.717, 1.165) is 0 Å². The molecule has 2 aromatic carbocycles. The summed E-state index contributed by atoms with van der Waals surface area (Å²) in [5.74, 6) is 0. The third kappa shape index (κ3) is 2.97. The van der Waals surface area contributed by atoms with Crippen LogP contribution in [0.1, 0.15) is 11.1 Å². The molecule has 0 amide bonds. The van der Waals surface area contributed by atoms with Crippen LogP contribution in [0.2, 0.25) is 0 Å². The highest BCUT2D eigenvalue weighted by molar-refractivity contribution is 5.68. The monoisotopic (exact) mass is 242 g/mol. The molecule has 0 aliphatic rings. The summed E-state index contributed by atoms with van der Waals surface area (Å²) in [5, 5.41) is 0. The molecule has 0 aliphatic heterocycles. The molecule has 0 bridgehead atoms. The maximum absolute atomic E-state index is 5.26. The molecular formula is C16H18O2. The molecule has 0 aromatic heterocycles. The van der Waals surface area contributed by atoms with Crippen LogP contribution in [0, 0.1) is 0 Å².